The van der Waals surface area contributed by atoms with E-state index in [-0.39, 0.29) is 11.9 Å². The molecule has 1 N–H and O–H groups in total. The molecule has 0 aliphatic rings. The van der Waals surface area contributed by atoms with Gasteiger partial charge in [-0.05, 0) is 20.3 Å². The zero-order valence-electron chi connectivity index (χ0n) is 6.48. The molecule has 0 rings (SSSR count). The average Bonchev–Trinajstić information content (AvgIpc) is 1.82. The van der Waals surface area contributed by atoms with Gasteiger partial charge >= 0.3 is 0 Å². The van der Waals surface area contributed by atoms with Crippen molar-refractivity contribution in [1.29, 1.82) is 0 Å². The van der Waals surface area contributed by atoms with Crippen LogP contribution >= 0.6 is 15.9 Å². The first-order valence-corrected chi connectivity index (χ1v) is 4.64. The van der Waals surface area contributed by atoms with Gasteiger partial charge < -0.3 is 5.32 Å². The van der Waals surface area contributed by atoms with Crippen molar-refractivity contribution in [3.8, 4) is 0 Å². The highest BCUT2D eigenvalue weighted by molar-refractivity contribution is 9.09. The predicted octanol–water partition coefficient (Wildman–Crippen LogP) is 1.69. The van der Waals surface area contributed by atoms with Crippen molar-refractivity contribution < 1.29 is 4.79 Å². The van der Waals surface area contributed by atoms with Crippen LogP contribution in [0.4, 0.5) is 0 Å². The Morgan fingerprint density at radius 3 is 2.60 bits per heavy atom. The lowest BCUT2D eigenvalue weighted by Crippen LogP contribution is -2.29. The number of nitrogens with one attached hydrogen (secondary N) is 1. The van der Waals surface area contributed by atoms with E-state index in [0.717, 1.165) is 11.8 Å². The number of hydrogen-bond acceptors (Lipinski definition) is 1. The first-order valence-electron chi connectivity index (χ1n) is 3.52. The van der Waals surface area contributed by atoms with Crippen LogP contribution in [0.2, 0.25) is 0 Å². The van der Waals surface area contributed by atoms with Crippen LogP contribution in [0.15, 0.2) is 0 Å². The molecule has 0 atom stereocenters. The number of carbonyl (C=O) groups is 1. The van der Waals surface area contributed by atoms with Crippen LogP contribution in [-0.4, -0.2) is 17.3 Å². The molecule has 0 fully saturated rings. The van der Waals surface area contributed by atoms with Crippen molar-refractivity contribution in [3.63, 3.8) is 0 Å². The second-order valence-electron chi connectivity index (χ2n) is 2.51. The Bertz CT molecular complexity index is 104. The molecule has 0 aliphatic heterocycles. The predicted molar refractivity (Wildman–Crippen MR) is 46.3 cm³/mol. The van der Waals surface area contributed by atoms with Crippen molar-refractivity contribution in [1.82, 2.24) is 5.32 Å². The number of halogens is 1. The molecule has 0 bridgehead atoms. The summed E-state index contributed by atoms with van der Waals surface area (Å²) in [5, 5.41) is 3.72. The first-order chi connectivity index (χ1) is 4.66. The van der Waals surface area contributed by atoms with Crippen LogP contribution in [0.5, 0.6) is 0 Å². The van der Waals surface area contributed by atoms with Crippen LogP contribution in [0.3, 0.4) is 0 Å². The fraction of sp³-hybridized carbons (Fsp3) is 0.857. The molecule has 0 aliphatic carbocycles. The Balaban J connectivity index is 3.26. The van der Waals surface area contributed by atoms with Gasteiger partial charge in [0.1, 0.15) is 0 Å². The van der Waals surface area contributed by atoms with Gasteiger partial charge in [0.25, 0.3) is 0 Å². The molecule has 0 radical (unpaired) electrons. The van der Waals surface area contributed by atoms with Gasteiger partial charge in [-0.3, -0.25) is 4.79 Å². The summed E-state index contributed by atoms with van der Waals surface area (Å²) in [5.41, 5.74) is 0. The first kappa shape index (κ1) is 9.95. The highest BCUT2D eigenvalue weighted by Gasteiger charge is 2.00. The summed E-state index contributed by atoms with van der Waals surface area (Å²) in [4.78, 5) is 10.9. The van der Waals surface area contributed by atoms with E-state index in [1.807, 2.05) is 13.8 Å². The fourth-order valence-electron chi connectivity index (χ4n) is 0.622. The van der Waals surface area contributed by atoms with Gasteiger partial charge in [0.2, 0.25) is 5.91 Å². The molecular formula is C7H14BrNO. The summed E-state index contributed by atoms with van der Waals surface area (Å²) < 4.78 is 0. The molecule has 0 saturated heterocycles. The smallest absolute Gasteiger partial charge is 0.220 e. The third-order valence-electron chi connectivity index (χ3n) is 0.987. The zero-order chi connectivity index (χ0) is 7.98. The summed E-state index contributed by atoms with van der Waals surface area (Å²) in [6, 6.07) is 0.267. The monoisotopic (exact) mass is 207 g/mol. The van der Waals surface area contributed by atoms with Crippen molar-refractivity contribution in [2.24, 2.45) is 0 Å². The molecule has 0 aromatic heterocycles. The highest BCUT2D eigenvalue weighted by atomic mass is 79.9. The Labute approximate surface area is 70.5 Å². The van der Waals surface area contributed by atoms with Crippen LogP contribution in [-0.2, 0) is 4.79 Å². The maximum atomic E-state index is 10.9. The van der Waals surface area contributed by atoms with E-state index in [1.54, 1.807) is 0 Å². The number of carbonyl (C=O) groups excluding carboxylic acids is 1. The molecule has 0 unspecified atom stereocenters. The third kappa shape index (κ3) is 6.08. The number of hydrogen-bond donors (Lipinski definition) is 1. The van der Waals surface area contributed by atoms with E-state index in [0.29, 0.717) is 6.42 Å². The van der Waals surface area contributed by atoms with Crippen molar-refractivity contribution >= 4 is 21.8 Å². The molecule has 0 aromatic rings. The molecule has 0 aromatic carbocycles. The summed E-state index contributed by atoms with van der Waals surface area (Å²) in [6.45, 7) is 3.93. The SMILES string of the molecule is CC(C)NC(=O)CCCBr. The molecule has 3 heteroatoms. The molecule has 0 spiro atoms. The van der Waals surface area contributed by atoms with E-state index >= 15 is 0 Å². The normalized spacial score (nSPS) is 10.0. The molecule has 1 amide bonds. The van der Waals surface area contributed by atoms with Crippen LogP contribution in [0, 0.1) is 0 Å². The maximum absolute atomic E-state index is 10.9. The minimum absolute atomic E-state index is 0.148. The summed E-state index contributed by atoms with van der Waals surface area (Å²) >= 11 is 3.26. The largest absolute Gasteiger partial charge is 0.354 e. The Morgan fingerprint density at radius 2 is 2.20 bits per heavy atom. The van der Waals surface area contributed by atoms with E-state index in [2.05, 4.69) is 21.2 Å². The van der Waals surface area contributed by atoms with Crippen molar-refractivity contribution in [3.05, 3.63) is 0 Å². The Morgan fingerprint density at radius 1 is 1.60 bits per heavy atom. The minimum Gasteiger partial charge on any atom is -0.354 e. The standard InChI is InChI=1S/C7H14BrNO/c1-6(2)9-7(10)4-3-5-8/h6H,3-5H2,1-2H3,(H,9,10). The molecule has 10 heavy (non-hydrogen) atoms. The Hall–Kier alpha value is -0.0500. The summed E-state index contributed by atoms with van der Waals surface area (Å²) in [6.07, 6.45) is 1.54. The van der Waals surface area contributed by atoms with Gasteiger partial charge in [0, 0.05) is 17.8 Å². The lowest BCUT2D eigenvalue weighted by molar-refractivity contribution is -0.121. The van der Waals surface area contributed by atoms with E-state index in [9.17, 15) is 4.79 Å². The lowest BCUT2D eigenvalue weighted by Gasteiger charge is -2.06. The van der Waals surface area contributed by atoms with E-state index in [1.165, 1.54) is 0 Å². The van der Waals surface area contributed by atoms with Gasteiger partial charge in [-0.2, -0.15) is 0 Å². The Kier molecular flexibility index (Phi) is 5.69. The van der Waals surface area contributed by atoms with Gasteiger partial charge in [0.05, 0.1) is 0 Å². The summed E-state index contributed by atoms with van der Waals surface area (Å²) in [5.74, 6) is 0.148. The second-order valence-corrected chi connectivity index (χ2v) is 3.31. The lowest BCUT2D eigenvalue weighted by atomic mass is 10.3. The van der Waals surface area contributed by atoms with Gasteiger partial charge in [-0.25, -0.2) is 0 Å². The fourth-order valence-corrected chi connectivity index (χ4v) is 0.902. The van der Waals surface area contributed by atoms with Gasteiger partial charge in [-0.15, -0.1) is 0 Å². The van der Waals surface area contributed by atoms with Crippen LogP contribution < -0.4 is 5.32 Å². The quantitative estimate of drug-likeness (QED) is 0.699. The van der Waals surface area contributed by atoms with E-state index in [4.69, 9.17) is 0 Å². The maximum Gasteiger partial charge on any atom is 0.220 e. The number of alkyl halides is 1. The molecule has 0 saturated carbocycles. The van der Waals surface area contributed by atoms with Crippen molar-refractivity contribution in [2.75, 3.05) is 5.33 Å². The number of amides is 1. The molecule has 0 heterocycles. The average molecular weight is 208 g/mol. The van der Waals surface area contributed by atoms with Crippen LogP contribution in [0.1, 0.15) is 26.7 Å². The third-order valence-corrected chi connectivity index (χ3v) is 1.55. The van der Waals surface area contributed by atoms with Crippen LogP contribution in [0.25, 0.3) is 0 Å². The van der Waals surface area contributed by atoms with E-state index < -0.39 is 0 Å². The minimum atomic E-state index is 0.148. The molecular weight excluding hydrogens is 194 g/mol. The van der Waals surface area contributed by atoms with Gasteiger partial charge in [-0.1, -0.05) is 15.9 Å². The second kappa shape index (κ2) is 5.71. The molecule has 60 valence electrons. The molecule has 2 nitrogen and oxygen atoms in total. The zero-order valence-corrected chi connectivity index (χ0v) is 8.07. The topological polar surface area (TPSA) is 29.1 Å². The number of rotatable bonds is 4. The summed E-state index contributed by atoms with van der Waals surface area (Å²) in [7, 11) is 0. The highest BCUT2D eigenvalue weighted by Crippen LogP contribution is 1.93. The van der Waals surface area contributed by atoms with Crippen molar-refractivity contribution in [2.45, 2.75) is 32.7 Å². The van der Waals surface area contributed by atoms with Gasteiger partial charge in [0.15, 0.2) is 0 Å².